The highest BCUT2D eigenvalue weighted by molar-refractivity contribution is 6.30. The maximum absolute atomic E-state index is 12.3. The summed E-state index contributed by atoms with van der Waals surface area (Å²) in [6.45, 7) is 5.99. The zero-order valence-electron chi connectivity index (χ0n) is 13.1. The first-order valence-corrected chi connectivity index (χ1v) is 7.81. The van der Waals surface area contributed by atoms with Crippen LogP contribution in [0.25, 0.3) is 0 Å². The van der Waals surface area contributed by atoms with Crippen molar-refractivity contribution in [2.24, 2.45) is 0 Å². The number of hydrogen-bond donors (Lipinski definition) is 2. The Labute approximate surface area is 136 Å². The van der Waals surface area contributed by atoms with Gasteiger partial charge in [0.2, 0.25) is 0 Å². The number of carbonyl (C=O) groups is 1. The summed E-state index contributed by atoms with van der Waals surface area (Å²) in [5.74, 6) is -0.000483. The van der Waals surface area contributed by atoms with E-state index in [-0.39, 0.29) is 18.0 Å². The molecule has 0 bridgehead atoms. The Kier molecular flexibility index (Phi) is 5.58. The second-order valence-corrected chi connectivity index (χ2v) is 6.12. The molecule has 1 amide bonds. The molecule has 22 heavy (non-hydrogen) atoms. The molecule has 0 aliphatic rings. The van der Waals surface area contributed by atoms with Gasteiger partial charge in [-0.2, -0.15) is 0 Å². The first kappa shape index (κ1) is 16.5. The number of rotatable bonds is 5. The quantitative estimate of drug-likeness (QED) is 0.873. The molecule has 2 rings (SSSR count). The maximum Gasteiger partial charge on any atom is 0.282 e. The summed E-state index contributed by atoms with van der Waals surface area (Å²) in [6.07, 6.45) is 0. The lowest BCUT2D eigenvalue weighted by Gasteiger charge is -2.17. The van der Waals surface area contributed by atoms with Crippen molar-refractivity contribution in [1.29, 1.82) is 0 Å². The van der Waals surface area contributed by atoms with Crippen LogP contribution in [0.4, 0.5) is 5.69 Å². The smallest absolute Gasteiger partial charge is 0.282 e. The number of hydrogen-bond acceptors (Lipinski definition) is 1. The molecule has 0 unspecified atom stereocenters. The lowest BCUT2D eigenvalue weighted by molar-refractivity contribution is -0.709. The van der Waals surface area contributed by atoms with E-state index in [1.165, 1.54) is 0 Å². The van der Waals surface area contributed by atoms with E-state index in [0.29, 0.717) is 0 Å². The van der Waals surface area contributed by atoms with Crippen LogP contribution in [0.15, 0.2) is 48.5 Å². The van der Waals surface area contributed by atoms with Gasteiger partial charge in [0.05, 0.1) is 0 Å². The topological polar surface area (TPSA) is 45.7 Å². The van der Waals surface area contributed by atoms with Crippen molar-refractivity contribution in [3.63, 3.8) is 0 Å². The van der Waals surface area contributed by atoms with Gasteiger partial charge >= 0.3 is 0 Å². The molecule has 4 heteroatoms. The van der Waals surface area contributed by atoms with Crippen molar-refractivity contribution in [1.82, 2.24) is 0 Å². The van der Waals surface area contributed by atoms with Crippen molar-refractivity contribution in [3.8, 4) is 0 Å². The standard InChI is InChI=1S/C18H21ClN2O/c1-12-6-4-9-17(10-12)21-18(22)14(3)20-13(2)15-7-5-8-16(19)11-15/h4-11,13-14,20H,1-3H3,(H,21,22)/p+1/t13-,14-/m1/s1. The summed E-state index contributed by atoms with van der Waals surface area (Å²) >= 11 is 6.02. The first-order valence-electron chi connectivity index (χ1n) is 7.43. The van der Waals surface area contributed by atoms with Crippen molar-refractivity contribution >= 4 is 23.2 Å². The lowest BCUT2D eigenvalue weighted by atomic mass is 10.1. The predicted octanol–water partition coefficient (Wildman–Crippen LogP) is 3.30. The van der Waals surface area contributed by atoms with Crippen molar-refractivity contribution < 1.29 is 10.1 Å². The minimum Gasteiger partial charge on any atom is -0.330 e. The largest absolute Gasteiger partial charge is 0.330 e. The van der Waals surface area contributed by atoms with Crippen LogP contribution < -0.4 is 10.6 Å². The number of benzene rings is 2. The van der Waals surface area contributed by atoms with Crippen LogP contribution in [0.2, 0.25) is 5.02 Å². The van der Waals surface area contributed by atoms with E-state index in [1.807, 2.05) is 67.7 Å². The summed E-state index contributed by atoms with van der Waals surface area (Å²) in [4.78, 5) is 12.3. The van der Waals surface area contributed by atoms with Gasteiger partial charge in [0.25, 0.3) is 5.91 Å². The number of nitrogens with two attached hydrogens (primary N) is 1. The van der Waals surface area contributed by atoms with Crippen LogP contribution in [0, 0.1) is 6.92 Å². The highest BCUT2D eigenvalue weighted by atomic mass is 35.5. The molecule has 2 aromatic carbocycles. The molecule has 0 aliphatic carbocycles. The number of quaternary nitrogens is 1. The van der Waals surface area contributed by atoms with E-state index < -0.39 is 0 Å². The number of aryl methyl sites for hydroxylation is 1. The highest BCUT2D eigenvalue weighted by Gasteiger charge is 2.20. The van der Waals surface area contributed by atoms with Gasteiger partial charge in [-0.25, -0.2) is 0 Å². The molecule has 0 aromatic heterocycles. The third-order valence-electron chi connectivity index (χ3n) is 3.65. The highest BCUT2D eigenvalue weighted by Crippen LogP contribution is 2.15. The van der Waals surface area contributed by atoms with Crippen LogP contribution in [-0.2, 0) is 4.79 Å². The zero-order chi connectivity index (χ0) is 16.1. The van der Waals surface area contributed by atoms with E-state index in [9.17, 15) is 4.79 Å². The summed E-state index contributed by atoms with van der Waals surface area (Å²) in [5, 5.41) is 5.71. The Morgan fingerprint density at radius 2 is 1.86 bits per heavy atom. The molecule has 0 saturated carbocycles. The fraction of sp³-hybridized carbons (Fsp3) is 0.278. The van der Waals surface area contributed by atoms with Crippen molar-refractivity contribution in [3.05, 3.63) is 64.7 Å². The van der Waals surface area contributed by atoms with E-state index >= 15 is 0 Å². The van der Waals surface area contributed by atoms with Crippen LogP contribution in [0.1, 0.15) is 31.0 Å². The molecule has 0 spiro atoms. The molecule has 0 fully saturated rings. The Morgan fingerprint density at radius 3 is 2.55 bits per heavy atom. The Bertz CT molecular complexity index is 657. The van der Waals surface area contributed by atoms with Gasteiger partial charge in [-0.3, -0.25) is 4.79 Å². The molecule has 3 nitrogen and oxygen atoms in total. The average Bonchev–Trinajstić information content (AvgIpc) is 2.47. The van der Waals surface area contributed by atoms with E-state index in [0.717, 1.165) is 21.8 Å². The third kappa shape index (κ3) is 4.58. The summed E-state index contributed by atoms with van der Waals surface area (Å²) in [5.41, 5.74) is 3.07. The number of carbonyl (C=O) groups excluding carboxylic acids is 1. The molecule has 0 aliphatic heterocycles. The number of anilines is 1. The average molecular weight is 318 g/mol. The third-order valence-corrected chi connectivity index (χ3v) is 3.89. The molecule has 2 atom stereocenters. The molecule has 116 valence electrons. The number of halogens is 1. The van der Waals surface area contributed by atoms with E-state index in [2.05, 4.69) is 12.2 Å². The van der Waals surface area contributed by atoms with Crippen LogP contribution in [-0.4, -0.2) is 11.9 Å². The molecule has 0 saturated heterocycles. The number of nitrogens with one attached hydrogen (secondary N) is 1. The van der Waals surface area contributed by atoms with Crippen molar-refractivity contribution in [2.75, 3.05) is 5.32 Å². The molecule has 0 heterocycles. The minimum absolute atomic E-state index is 0.000483. The van der Waals surface area contributed by atoms with Gasteiger partial charge in [0.15, 0.2) is 6.04 Å². The van der Waals surface area contributed by atoms with Crippen LogP contribution in [0.3, 0.4) is 0 Å². The summed E-state index contributed by atoms with van der Waals surface area (Å²) in [6, 6.07) is 15.5. The number of amides is 1. The van der Waals surface area contributed by atoms with Gasteiger partial charge in [-0.05, 0) is 50.6 Å². The molecule has 0 radical (unpaired) electrons. The zero-order valence-corrected chi connectivity index (χ0v) is 13.9. The molecular weight excluding hydrogens is 296 g/mol. The van der Waals surface area contributed by atoms with Gasteiger partial charge < -0.3 is 10.6 Å². The molecule has 2 aromatic rings. The van der Waals surface area contributed by atoms with E-state index in [4.69, 9.17) is 11.6 Å². The first-order chi connectivity index (χ1) is 10.5. The lowest BCUT2D eigenvalue weighted by Crippen LogP contribution is -2.91. The maximum atomic E-state index is 12.3. The monoisotopic (exact) mass is 317 g/mol. The molecule has 3 N–H and O–H groups in total. The van der Waals surface area contributed by atoms with Gasteiger partial charge in [0.1, 0.15) is 6.04 Å². The molecular formula is C18H22ClN2O+. The second kappa shape index (κ2) is 7.43. The van der Waals surface area contributed by atoms with Crippen LogP contribution in [0.5, 0.6) is 0 Å². The minimum atomic E-state index is -0.186. The Hall–Kier alpha value is -1.84. The van der Waals surface area contributed by atoms with Gasteiger partial charge in [-0.15, -0.1) is 0 Å². The normalized spacial score (nSPS) is 13.5. The van der Waals surface area contributed by atoms with Gasteiger partial charge in [0, 0.05) is 16.3 Å². The second-order valence-electron chi connectivity index (χ2n) is 5.68. The van der Waals surface area contributed by atoms with Gasteiger partial charge in [-0.1, -0.05) is 35.9 Å². The fourth-order valence-electron chi connectivity index (χ4n) is 2.40. The fourth-order valence-corrected chi connectivity index (χ4v) is 2.60. The predicted molar refractivity (Wildman–Crippen MR) is 91.1 cm³/mol. The summed E-state index contributed by atoms with van der Waals surface area (Å²) < 4.78 is 0. The van der Waals surface area contributed by atoms with Crippen molar-refractivity contribution in [2.45, 2.75) is 32.9 Å². The van der Waals surface area contributed by atoms with Crippen LogP contribution >= 0.6 is 11.6 Å². The SMILES string of the molecule is Cc1cccc(NC(=O)[C@@H](C)[NH2+][C@H](C)c2cccc(Cl)c2)c1. The van der Waals surface area contributed by atoms with E-state index in [1.54, 1.807) is 0 Å². The Balaban J connectivity index is 1.96. The summed E-state index contributed by atoms with van der Waals surface area (Å²) in [7, 11) is 0. The Morgan fingerprint density at radius 1 is 1.14 bits per heavy atom.